The average Bonchev–Trinajstić information content (AvgIpc) is 3.26. The second-order valence-electron chi connectivity index (χ2n) is 8.15. The monoisotopic (exact) mass is 444 g/mol. The third kappa shape index (κ3) is 5.00. The van der Waals surface area contributed by atoms with E-state index in [4.69, 9.17) is 13.9 Å². The first-order chi connectivity index (χ1) is 16.0. The molecule has 1 aromatic heterocycles. The van der Waals surface area contributed by atoms with Crippen LogP contribution in [0.25, 0.3) is 22.6 Å². The number of anilines is 1. The van der Waals surface area contributed by atoms with Crippen molar-refractivity contribution >= 4 is 22.7 Å². The average molecular weight is 445 g/mol. The normalized spacial score (nSPS) is 11.1. The number of nitrogens with one attached hydrogen (secondary N) is 1. The molecule has 6 heteroatoms. The van der Waals surface area contributed by atoms with Crippen molar-refractivity contribution in [3.63, 3.8) is 0 Å². The molecule has 4 rings (SSSR count). The highest BCUT2D eigenvalue weighted by Gasteiger charge is 2.15. The molecule has 0 fully saturated rings. The van der Waals surface area contributed by atoms with Gasteiger partial charge in [0.2, 0.25) is 5.89 Å². The molecule has 0 atom stereocenters. The van der Waals surface area contributed by atoms with Gasteiger partial charge in [-0.05, 0) is 66.4 Å². The van der Waals surface area contributed by atoms with Crippen molar-refractivity contribution in [3.8, 4) is 23.0 Å². The maximum atomic E-state index is 12.9. The smallest absolute Gasteiger partial charge is 0.255 e. The van der Waals surface area contributed by atoms with Crippen LogP contribution in [0.2, 0.25) is 0 Å². The fourth-order valence-electron chi connectivity index (χ4n) is 3.51. The van der Waals surface area contributed by atoms with Crippen LogP contribution in [0.15, 0.2) is 65.1 Å². The van der Waals surface area contributed by atoms with E-state index in [9.17, 15) is 4.79 Å². The van der Waals surface area contributed by atoms with Gasteiger partial charge in [-0.2, -0.15) is 0 Å². The third-order valence-electron chi connectivity index (χ3n) is 5.34. The molecule has 3 aromatic carbocycles. The van der Waals surface area contributed by atoms with Gasteiger partial charge in [0.05, 0.1) is 19.4 Å². The van der Waals surface area contributed by atoms with Crippen LogP contribution in [-0.4, -0.2) is 24.6 Å². The van der Waals surface area contributed by atoms with Crippen LogP contribution in [0, 0.1) is 0 Å². The van der Waals surface area contributed by atoms with E-state index >= 15 is 0 Å². The summed E-state index contributed by atoms with van der Waals surface area (Å²) in [6, 6.07) is 18.6. The van der Waals surface area contributed by atoms with Crippen molar-refractivity contribution in [1.82, 2.24) is 4.98 Å². The Balaban J connectivity index is 1.62. The fourth-order valence-corrected chi connectivity index (χ4v) is 3.51. The molecule has 0 aliphatic carbocycles. The third-order valence-corrected chi connectivity index (χ3v) is 5.34. The van der Waals surface area contributed by atoms with Gasteiger partial charge in [-0.15, -0.1) is 0 Å². The minimum atomic E-state index is -0.258. The van der Waals surface area contributed by atoms with Gasteiger partial charge in [0.1, 0.15) is 17.0 Å². The van der Waals surface area contributed by atoms with Crippen molar-refractivity contribution in [2.24, 2.45) is 0 Å². The number of hydrogen-bond acceptors (Lipinski definition) is 5. The zero-order valence-corrected chi connectivity index (χ0v) is 19.3. The molecule has 0 spiro atoms. The molecular formula is C27H28N2O4. The Kier molecular flexibility index (Phi) is 6.63. The summed E-state index contributed by atoms with van der Waals surface area (Å²) in [6.45, 7) is 6.93. The number of fused-ring (bicyclic) bond motifs is 1. The minimum absolute atomic E-state index is 0.258. The van der Waals surface area contributed by atoms with E-state index in [1.807, 2.05) is 37.3 Å². The summed E-state index contributed by atoms with van der Waals surface area (Å²) in [5.41, 5.74) is 4.51. The van der Waals surface area contributed by atoms with Crippen LogP contribution >= 0.6 is 0 Å². The summed E-state index contributed by atoms with van der Waals surface area (Å²) in [5, 5.41) is 2.94. The number of hydrogen-bond donors (Lipinski definition) is 1. The number of benzene rings is 3. The first-order valence-corrected chi connectivity index (χ1v) is 11.1. The van der Waals surface area contributed by atoms with Gasteiger partial charge < -0.3 is 19.2 Å². The SMILES string of the molecule is CCCOc1cccc(C(=O)Nc2cc(-c3nc4cc(C(C)C)ccc4o3)ccc2OC)c1. The number of carbonyl (C=O) groups excluding carboxylic acids is 1. The summed E-state index contributed by atoms with van der Waals surface area (Å²) in [7, 11) is 1.57. The van der Waals surface area contributed by atoms with Crippen LogP contribution in [0.1, 0.15) is 49.0 Å². The molecule has 0 unspecified atom stereocenters. The lowest BCUT2D eigenvalue weighted by Gasteiger charge is -2.12. The molecule has 6 nitrogen and oxygen atoms in total. The summed E-state index contributed by atoms with van der Waals surface area (Å²) >= 11 is 0. The van der Waals surface area contributed by atoms with Crippen molar-refractivity contribution in [1.29, 1.82) is 0 Å². The zero-order chi connectivity index (χ0) is 23.4. The standard InChI is InChI=1S/C27H28N2O4/c1-5-13-32-21-8-6-7-19(14-21)26(30)28-22-16-20(10-11-24(22)31-4)27-29-23-15-18(17(2)3)9-12-25(23)33-27/h6-12,14-17H,5,13H2,1-4H3,(H,28,30). The largest absolute Gasteiger partial charge is 0.495 e. The molecule has 170 valence electrons. The second kappa shape index (κ2) is 9.77. The molecule has 0 aliphatic rings. The lowest BCUT2D eigenvalue weighted by atomic mass is 10.0. The Labute approximate surface area is 193 Å². The fraction of sp³-hybridized carbons (Fsp3) is 0.259. The number of carbonyl (C=O) groups is 1. The Morgan fingerprint density at radius 2 is 1.94 bits per heavy atom. The maximum Gasteiger partial charge on any atom is 0.255 e. The summed E-state index contributed by atoms with van der Waals surface area (Å²) in [4.78, 5) is 17.6. The number of amides is 1. The van der Waals surface area contributed by atoms with Crippen molar-refractivity contribution in [2.75, 3.05) is 19.0 Å². The highest BCUT2D eigenvalue weighted by molar-refractivity contribution is 6.05. The Morgan fingerprint density at radius 1 is 1.09 bits per heavy atom. The highest BCUT2D eigenvalue weighted by atomic mass is 16.5. The number of nitrogens with zero attached hydrogens (tertiary/aromatic N) is 1. The minimum Gasteiger partial charge on any atom is -0.495 e. The van der Waals surface area contributed by atoms with E-state index < -0.39 is 0 Å². The predicted molar refractivity (Wildman–Crippen MR) is 130 cm³/mol. The second-order valence-corrected chi connectivity index (χ2v) is 8.15. The van der Waals surface area contributed by atoms with Crippen LogP contribution in [0.4, 0.5) is 5.69 Å². The van der Waals surface area contributed by atoms with E-state index in [0.717, 1.165) is 23.1 Å². The zero-order valence-electron chi connectivity index (χ0n) is 19.3. The van der Waals surface area contributed by atoms with E-state index in [0.29, 0.717) is 41.2 Å². The van der Waals surface area contributed by atoms with E-state index in [1.54, 1.807) is 31.4 Å². The van der Waals surface area contributed by atoms with Gasteiger partial charge in [0.15, 0.2) is 5.58 Å². The first kappa shape index (κ1) is 22.4. The Hall–Kier alpha value is -3.80. The molecule has 33 heavy (non-hydrogen) atoms. The van der Waals surface area contributed by atoms with Crippen molar-refractivity contribution in [3.05, 3.63) is 71.8 Å². The van der Waals surface area contributed by atoms with Gasteiger partial charge >= 0.3 is 0 Å². The Morgan fingerprint density at radius 3 is 2.70 bits per heavy atom. The molecule has 4 aromatic rings. The Bertz CT molecular complexity index is 1280. The molecule has 0 bridgehead atoms. The number of aromatic nitrogens is 1. The lowest BCUT2D eigenvalue weighted by molar-refractivity contribution is 0.102. The van der Waals surface area contributed by atoms with E-state index in [2.05, 4.69) is 30.2 Å². The topological polar surface area (TPSA) is 73.6 Å². The number of oxazole rings is 1. The summed E-state index contributed by atoms with van der Waals surface area (Å²) < 4.78 is 17.1. The predicted octanol–water partition coefficient (Wildman–Crippen LogP) is 6.67. The molecule has 1 heterocycles. The van der Waals surface area contributed by atoms with Crippen LogP contribution < -0.4 is 14.8 Å². The molecule has 0 radical (unpaired) electrons. The van der Waals surface area contributed by atoms with Crippen LogP contribution in [0.3, 0.4) is 0 Å². The van der Waals surface area contributed by atoms with Crippen molar-refractivity contribution in [2.45, 2.75) is 33.1 Å². The molecule has 1 amide bonds. The van der Waals surface area contributed by atoms with Gasteiger partial charge in [-0.25, -0.2) is 4.98 Å². The molecular weight excluding hydrogens is 416 g/mol. The van der Waals surface area contributed by atoms with Gasteiger partial charge in [-0.1, -0.05) is 32.9 Å². The molecule has 0 saturated heterocycles. The van der Waals surface area contributed by atoms with Crippen LogP contribution in [0.5, 0.6) is 11.5 Å². The van der Waals surface area contributed by atoms with Gasteiger partial charge in [0.25, 0.3) is 5.91 Å². The van der Waals surface area contributed by atoms with Gasteiger partial charge in [0, 0.05) is 11.1 Å². The van der Waals surface area contributed by atoms with Crippen molar-refractivity contribution < 1.29 is 18.7 Å². The van der Waals surface area contributed by atoms with E-state index in [-0.39, 0.29) is 5.91 Å². The molecule has 1 N–H and O–H groups in total. The molecule has 0 saturated carbocycles. The lowest BCUT2D eigenvalue weighted by Crippen LogP contribution is -2.13. The highest BCUT2D eigenvalue weighted by Crippen LogP contribution is 2.33. The van der Waals surface area contributed by atoms with Gasteiger partial charge in [-0.3, -0.25) is 4.79 Å². The first-order valence-electron chi connectivity index (χ1n) is 11.1. The van der Waals surface area contributed by atoms with E-state index in [1.165, 1.54) is 5.56 Å². The molecule has 0 aliphatic heterocycles. The number of ether oxygens (including phenoxy) is 2. The van der Waals surface area contributed by atoms with Crippen LogP contribution in [-0.2, 0) is 0 Å². The maximum absolute atomic E-state index is 12.9. The number of rotatable bonds is 8. The number of methoxy groups -OCH3 is 1. The summed E-state index contributed by atoms with van der Waals surface area (Å²) in [5.74, 6) is 1.84. The summed E-state index contributed by atoms with van der Waals surface area (Å²) in [6.07, 6.45) is 0.898. The quantitative estimate of drug-likeness (QED) is 0.329.